The Kier molecular flexibility index (Phi) is 8.21. The van der Waals surface area contributed by atoms with E-state index >= 15 is 0 Å². The fourth-order valence-corrected chi connectivity index (χ4v) is 1.90. The summed E-state index contributed by atoms with van der Waals surface area (Å²) in [5.41, 5.74) is 7.26. The Balaban J connectivity index is 2.21. The average molecular weight is 267 g/mol. The van der Waals surface area contributed by atoms with Crippen LogP contribution >= 0.6 is 0 Å². The van der Waals surface area contributed by atoms with Crippen LogP contribution in [0, 0.1) is 0 Å². The number of rotatable bonds is 10. The molecule has 0 amide bonds. The van der Waals surface area contributed by atoms with Gasteiger partial charge in [-0.1, -0.05) is 18.2 Å². The number of benzene rings is 1. The van der Waals surface area contributed by atoms with E-state index in [0.717, 1.165) is 43.8 Å². The van der Waals surface area contributed by atoms with Gasteiger partial charge in [0.25, 0.3) is 0 Å². The first kappa shape index (κ1) is 16.0. The van der Waals surface area contributed by atoms with E-state index in [9.17, 15) is 0 Å². The molecular formula is C15H25NO3. The Morgan fingerprint density at radius 1 is 1.11 bits per heavy atom. The van der Waals surface area contributed by atoms with Gasteiger partial charge in [-0.05, 0) is 30.9 Å². The van der Waals surface area contributed by atoms with Crippen LogP contribution in [0.2, 0.25) is 0 Å². The van der Waals surface area contributed by atoms with Crippen LogP contribution in [-0.4, -0.2) is 40.1 Å². The van der Waals surface area contributed by atoms with E-state index in [4.69, 9.17) is 19.9 Å². The molecule has 19 heavy (non-hydrogen) atoms. The Morgan fingerprint density at radius 2 is 1.89 bits per heavy atom. The number of hydrogen-bond acceptors (Lipinski definition) is 4. The summed E-state index contributed by atoms with van der Waals surface area (Å²) in [5, 5.41) is 0. The van der Waals surface area contributed by atoms with Crippen molar-refractivity contribution in [2.75, 3.05) is 34.0 Å². The second kappa shape index (κ2) is 9.78. The van der Waals surface area contributed by atoms with Crippen LogP contribution in [0.3, 0.4) is 0 Å². The predicted octanol–water partition coefficient (Wildman–Crippen LogP) is 2.01. The van der Waals surface area contributed by atoms with Crippen LogP contribution in [0.15, 0.2) is 24.3 Å². The van der Waals surface area contributed by atoms with E-state index in [1.54, 1.807) is 14.2 Å². The SMILES string of the molecule is COCCCOCCC(N)Cc1ccccc1OC. The molecule has 2 N–H and O–H groups in total. The lowest BCUT2D eigenvalue weighted by atomic mass is 10.0. The molecule has 0 radical (unpaired) electrons. The minimum absolute atomic E-state index is 0.0960. The molecule has 0 saturated carbocycles. The fourth-order valence-electron chi connectivity index (χ4n) is 1.90. The first-order chi connectivity index (χ1) is 9.27. The highest BCUT2D eigenvalue weighted by atomic mass is 16.5. The van der Waals surface area contributed by atoms with Crippen molar-refractivity contribution in [2.45, 2.75) is 25.3 Å². The number of ether oxygens (including phenoxy) is 3. The first-order valence-electron chi connectivity index (χ1n) is 6.72. The third-order valence-corrected chi connectivity index (χ3v) is 2.94. The number of hydrogen-bond donors (Lipinski definition) is 1. The molecule has 0 heterocycles. The van der Waals surface area contributed by atoms with Crippen molar-refractivity contribution in [1.29, 1.82) is 0 Å². The second-order valence-corrected chi connectivity index (χ2v) is 4.52. The van der Waals surface area contributed by atoms with E-state index in [2.05, 4.69) is 6.07 Å². The molecule has 1 unspecified atom stereocenters. The van der Waals surface area contributed by atoms with Crippen molar-refractivity contribution in [3.8, 4) is 5.75 Å². The van der Waals surface area contributed by atoms with Gasteiger partial charge in [-0.3, -0.25) is 0 Å². The summed E-state index contributed by atoms with van der Waals surface area (Å²) in [6.07, 6.45) is 2.59. The van der Waals surface area contributed by atoms with Gasteiger partial charge in [0.2, 0.25) is 0 Å². The Bertz CT molecular complexity index is 344. The van der Waals surface area contributed by atoms with E-state index in [0.29, 0.717) is 6.61 Å². The van der Waals surface area contributed by atoms with Gasteiger partial charge in [-0.2, -0.15) is 0 Å². The fraction of sp³-hybridized carbons (Fsp3) is 0.600. The summed E-state index contributed by atoms with van der Waals surface area (Å²) in [5.74, 6) is 0.902. The maximum Gasteiger partial charge on any atom is 0.122 e. The zero-order valence-corrected chi connectivity index (χ0v) is 11.9. The predicted molar refractivity (Wildman–Crippen MR) is 76.6 cm³/mol. The molecule has 0 aromatic heterocycles. The molecule has 0 aliphatic heterocycles. The summed E-state index contributed by atoms with van der Waals surface area (Å²) in [6.45, 7) is 2.17. The van der Waals surface area contributed by atoms with Crippen LogP contribution in [0.1, 0.15) is 18.4 Å². The Morgan fingerprint density at radius 3 is 2.63 bits per heavy atom. The van der Waals surface area contributed by atoms with Crippen molar-refractivity contribution in [3.63, 3.8) is 0 Å². The smallest absolute Gasteiger partial charge is 0.122 e. The van der Waals surface area contributed by atoms with E-state index in [1.165, 1.54) is 0 Å². The van der Waals surface area contributed by atoms with Crippen molar-refractivity contribution >= 4 is 0 Å². The number of nitrogens with two attached hydrogens (primary N) is 1. The summed E-state index contributed by atoms with van der Waals surface area (Å²) in [4.78, 5) is 0. The molecule has 4 heteroatoms. The van der Waals surface area contributed by atoms with Crippen LogP contribution < -0.4 is 10.5 Å². The molecule has 0 spiro atoms. The zero-order chi connectivity index (χ0) is 13.9. The summed E-state index contributed by atoms with van der Waals surface area (Å²) in [7, 11) is 3.38. The van der Waals surface area contributed by atoms with E-state index < -0.39 is 0 Å². The molecule has 0 fully saturated rings. The third-order valence-electron chi connectivity index (χ3n) is 2.94. The number of methoxy groups -OCH3 is 2. The van der Waals surface area contributed by atoms with E-state index in [1.807, 2.05) is 18.2 Å². The van der Waals surface area contributed by atoms with Gasteiger partial charge in [0.05, 0.1) is 7.11 Å². The maximum atomic E-state index is 6.11. The first-order valence-corrected chi connectivity index (χ1v) is 6.72. The quantitative estimate of drug-likeness (QED) is 0.659. The van der Waals surface area contributed by atoms with Gasteiger partial charge < -0.3 is 19.9 Å². The highest BCUT2D eigenvalue weighted by Crippen LogP contribution is 2.19. The normalized spacial score (nSPS) is 12.4. The molecule has 1 aromatic rings. The lowest BCUT2D eigenvalue weighted by Crippen LogP contribution is -2.25. The van der Waals surface area contributed by atoms with Gasteiger partial charge >= 0.3 is 0 Å². The summed E-state index contributed by atoms with van der Waals surface area (Å²) < 4.78 is 15.8. The minimum atomic E-state index is 0.0960. The summed E-state index contributed by atoms with van der Waals surface area (Å²) in [6, 6.07) is 8.08. The van der Waals surface area contributed by atoms with Gasteiger partial charge in [0, 0.05) is 33.0 Å². The highest BCUT2D eigenvalue weighted by molar-refractivity contribution is 5.33. The van der Waals surface area contributed by atoms with E-state index in [-0.39, 0.29) is 6.04 Å². The van der Waals surface area contributed by atoms with Crippen molar-refractivity contribution in [1.82, 2.24) is 0 Å². The Hall–Kier alpha value is -1.10. The van der Waals surface area contributed by atoms with Gasteiger partial charge in [0.1, 0.15) is 5.75 Å². The van der Waals surface area contributed by atoms with Crippen LogP contribution in [-0.2, 0) is 15.9 Å². The van der Waals surface area contributed by atoms with Gasteiger partial charge in [-0.15, -0.1) is 0 Å². The van der Waals surface area contributed by atoms with Crippen LogP contribution in [0.5, 0.6) is 5.75 Å². The lowest BCUT2D eigenvalue weighted by Gasteiger charge is -2.14. The molecule has 1 aromatic carbocycles. The minimum Gasteiger partial charge on any atom is -0.496 e. The molecule has 1 rings (SSSR count). The molecule has 0 bridgehead atoms. The van der Waals surface area contributed by atoms with Crippen LogP contribution in [0.4, 0.5) is 0 Å². The molecule has 0 aliphatic rings. The van der Waals surface area contributed by atoms with Crippen molar-refractivity contribution in [2.24, 2.45) is 5.73 Å². The summed E-state index contributed by atoms with van der Waals surface area (Å²) >= 11 is 0. The van der Waals surface area contributed by atoms with Crippen molar-refractivity contribution in [3.05, 3.63) is 29.8 Å². The maximum absolute atomic E-state index is 6.11. The number of para-hydroxylation sites is 1. The average Bonchev–Trinajstić information content (AvgIpc) is 2.43. The van der Waals surface area contributed by atoms with Crippen LogP contribution in [0.25, 0.3) is 0 Å². The molecule has 4 nitrogen and oxygen atoms in total. The standard InChI is InChI=1S/C15H25NO3/c1-17-9-5-10-19-11-8-14(16)12-13-6-3-4-7-15(13)18-2/h3-4,6-7,14H,5,8-12,16H2,1-2H3. The molecule has 1 atom stereocenters. The highest BCUT2D eigenvalue weighted by Gasteiger charge is 2.08. The topological polar surface area (TPSA) is 53.7 Å². The second-order valence-electron chi connectivity index (χ2n) is 4.52. The monoisotopic (exact) mass is 267 g/mol. The third kappa shape index (κ3) is 6.57. The largest absolute Gasteiger partial charge is 0.496 e. The van der Waals surface area contributed by atoms with Crippen molar-refractivity contribution < 1.29 is 14.2 Å². The molecule has 0 aliphatic carbocycles. The molecule has 108 valence electrons. The Labute approximate surface area is 115 Å². The lowest BCUT2D eigenvalue weighted by molar-refractivity contribution is 0.0983. The molecular weight excluding hydrogens is 242 g/mol. The zero-order valence-electron chi connectivity index (χ0n) is 11.9. The van der Waals surface area contributed by atoms with Gasteiger partial charge in [0.15, 0.2) is 0 Å². The molecule has 0 saturated heterocycles. The van der Waals surface area contributed by atoms with Gasteiger partial charge in [-0.25, -0.2) is 0 Å².